The fourth-order valence-electron chi connectivity index (χ4n) is 3.58. The lowest BCUT2D eigenvalue weighted by atomic mass is 10.0. The molecule has 4 aromatic rings. The molecule has 0 spiro atoms. The summed E-state index contributed by atoms with van der Waals surface area (Å²) in [5, 5.41) is 2.88. The van der Waals surface area contributed by atoms with Gasteiger partial charge in [-0.05, 0) is 24.6 Å². The lowest BCUT2D eigenvalue weighted by Gasteiger charge is -2.14. The van der Waals surface area contributed by atoms with Crippen LogP contribution in [0.15, 0.2) is 60.2 Å². The number of carbonyl (C=O) groups excluding carboxylic acids is 2. The summed E-state index contributed by atoms with van der Waals surface area (Å²) in [6.45, 7) is 2.36. The van der Waals surface area contributed by atoms with Crippen LogP contribution in [0.25, 0.3) is 21.3 Å². The lowest BCUT2D eigenvalue weighted by molar-refractivity contribution is 0.0630. The summed E-state index contributed by atoms with van der Waals surface area (Å²) in [7, 11) is 0. The van der Waals surface area contributed by atoms with E-state index in [0.29, 0.717) is 17.0 Å². The Balaban J connectivity index is 1.38. The topological polar surface area (TPSA) is 72.4 Å². The molecule has 1 aliphatic heterocycles. The minimum absolute atomic E-state index is 0.154. The minimum atomic E-state index is -0.289. The average Bonchev–Trinajstić information content (AvgIpc) is 3.30. The van der Waals surface area contributed by atoms with E-state index < -0.39 is 0 Å². The Bertz CT molecular complexity index is 1250. The molecule has 6 nitrogen and oxygen atoms in total. The van der Waals surface area contributed by atoms with E-state index >= 15 is 0 Å². The van der Waals surface area contributed by atoms with Gasteiger partial charge in [0.1, 0.15) is 17.8 Å². The molecule has 0 radical (unpaired) electrons. The second-order valence-corrected chi connectivity index (χ2v) is 7.89. The molecular weight excluding hydrogens is 398 g/mol. The predicted molar refractivity (Wildman–Crippen MR) is 115 cm³/mol. The van der Waals surface area contributed by atoms with Crippen LogP contribution in [0.1, 0.15) is 26.3 Å². The van der Waals surface area contributed by atoms with Crippen molar-refractivity contribution in [3.8, 4) is 17.0 Å². The number of rotatable bonds is 5. The second-order valence-electron chi connectivity index (χ2n) is 7.03. The molecule has 2 aromatic carbocycles. The number of aromatic nitrogens is 2. The monoisotopic (exact) mass is 415 g/mol. The number of carbonyl (C=O) groups is 2. The number of imide groups is 1. The van der Waals surface area contributed by atoms with Crippen LogP contribution in [0.2, 0.25) is 0 Å². The van der Waals surface area contributed by atoms with Crippen LogP contribution < -0.4 is 4.74 Å². The van der Waals surface area contributed by atoms with E-state index in [9.17, 15) is 9.59 Å². The zero-order valence-corrected chi connectivity index (χ0v) is 17.0. The molecule has 1 aliphatic rings. The molecule has 0 saturated heterocycles. The third kappa shape index (κ3) is 3.04. The van der Waals surface area contributed by atoms with Gasteiger partial charge in [-0.15, -0.1) is 11.3 Å². The largest absolute Gasteiger partial charge is 0.475 e. The molecule has 2 amide bonds. The molecule has 3 heterocycles. The second kappa shape index (κ2) is 7.35. The Morgan fingerprint density at radius 1 is 0.933 bits per heavy atom. The van der Waals surface area contributed by atoms with Crippen LogP contribution >= 0.6 is 11.3 Å². The van der Waals surface area contributed by atoms with Gasteiger partial charge in [0.05, 0.1) is 23.1 Å². The van der Waals surface area contributed by atoms with Crippen molar-refractivity contribution < 1.29 is 14.3 Å². The summed E-state index contributed by atoms with van der Waals surface area (Å²) in [6, 6.07) is 15.1. The number of thiophene rings is 1. The first-order valence-electron chi connectivity index (χ1n) is 9.51. The molecule has 0 atom stereocenters. The Labute approximate surface area is 176 Å². The highest BCUT2D eigenvalue weighted by atomic mass is 32.1. The maximum absolute atomic E-state index is 12.5. The Morgan fingerprint density at radius 2 is 1.63 bits per heavy atom. The van der Waals surface area contributed by atoms with Crippen LogP contribution in [0.4, 0.5) is 0 Å². The standard InChI is InChI=1S/C23H17N3O3S/c1-14-6-8-15(9-7-14)18-12-30-21-19(18)20(24-13-25-21)29-11-10-26-22(27)16-4-2-3-5-17(16)23(26)28/h2-9,12-13H,10-11H2,1H3. The number of nitrogens with zero attached hydrogens (tertiary/aromatic N) is 3. The van der Waals surface area contributed by atoms with E-state index in [2.05, 4.69) is 34.2 Å². The van der Waals surface area contributed by atoms with Crippen molar-refractivity contribution in [1.29, 1.82) is 0 Å². The quantitative estimate of drug-likeness (QED) is 0.454. The third-order valence-electron chi connectivity index (χ3n) is 5.13. The van der Waals surface area contributed by atoms with E-state index in [1.807, 2.05) is 12.3 Å². The van der Waals surface area contributed by atoms with Gasteiger partial charge in [-0.25, -0.2) is 9.97 Å². The maximum Gasteiger partial charge on any atom is 0.261 e. The first-order chi connectivity index (χ1) is 14.6. The number of amides is 2. The number of aryl methyl sites for hydroxylation is 1. The van der Waals surface area contributed by atoms with Crippen molar-refractivity contribution in [1.82, 2.24) is 14.9 Å². The highest BCUT2D eigenvalue weighted by molar-refractivity contribution is 7.17. The molecule has 0 saturated carbocycles. The molecule has 5 rings (SSSR count). The number of ether oxygens (including phenoxy) is 1. The molecule has 0 fully saturated rings. The summed E-state index contributed by atoms with van der Waals surface area (Å²) in [4.78, 5) is 35.7. The van der Waals surface area contributed by atoms with E-state index in [-0.39, 0.29) is 25.0 Å². The summed E-state index contributed by atoms with van der Waals surface area (Å²) in [5.74, 6) is -0.126. The predicted octanol–water partition coefficient (Wildman–Crippen LogP) is 4.34. The van der Waals surface area contributed by atoms with Crippen LogP contribution in [0.5, 0.6) is 5.88 Å². The Hall–Kier alpha value is -3.58. The summed E-state index contributed by atoms with van der Waals surface area (Å²) in [6.07, 6.45) is 1.47. The van der Waals surface area contributed by atoms with E-state index in [0.717, 1.165) is 21.3 Å². The van der Waals surface area contributed by atoms with E-state index in [1.165, 1.54) is 28.1 Å². The van der Waals surface area contributed by atoms with Crippen molar-refractivity contribution in [3.63, 3.8) is 0 Å². The fourth-order valence-corrected chi connectivity index (χ4v) is 4.49. The van der Waals surface area contributed by atoms with Crippen LogP contribution in [-0.4, -0.2) is 39.8 Å². The van der Waals surface area contributed by atoms with Gasteiger partial charge in [0.15, 0.2) is 0 Å². The molecule has 7 heteroatoms. The summed E-state index contributed by atoms with van der Waals surface area (Å²) >= 11 is 1.53. The first-order valence-corrected chi connectivity index (χ1v) is 10.4. The molecule has 0 aliphatic carbocycles. The van der Waals surface area contributed by atoms with Gasteiger partial charge >= 0.3 is 0 Å². The fraction of sp³-hybridized carbons (Fsp3) is 0.130. The molecule has 0 unspecified atom stereocenters. The zero-order valence-electron chi connectivity index (χ0n) is 16.2. The normalized spacial score (nSPS) is 13.2. The molecular formula is C23H17N3O3S. The smallest absolute Gasteiger partial charge is 0.261 e. The number of benzene rings is 2. The van der Waals surface area contributed by atoms with Gasteiger partial charge in [-0.3, -0.25) is 14.5 Å². The van der Waals surface area contributed by atoms with Gasteiger partial charge in [-0.1, -0.05) is 42.0 Å². The molecule has 0 N–H and O–H groups in total. The van der Waals surface area contributed by atoms with Crippen molar-refractivity contribution in [3.05, 3.63) is 76.9 Å². The maximum atomic E-state index is 12.5. The van der Waals surface area contributed by atoms with E-state index in [4.69, 9.17) is 4.74 Å². The van der Waals surface area contributed by atoms with Crippen LogP contribution in [-0.2, 0) is 0 Å². The zero-order chi connectivity index (χ0) is 20.7. The van der Waals surface area contributed by atoms with Gasteiger partial charge < -0.3 is 4.74 Å². The van der Waals surface area contributed by atoms with Crippen molar-refractivity contribution in [2.75, 3.05) is 13.2 Å². The Kier molecular flexibility index (Phi) is 4.52. The summed E-state index contributed by atoms with van der Waals surface area (Å²) in [5.41, 5.74) is 4.13. The molecule has 30 heavy (non-hydrogen) atoms. The molecule has 0 bridgehead atoms. The van der Waals surface area contributed by atoms with Crippen LogP contribution in [0.3, 0.4) is 0 Å². The van der Waals surface area contributed by atoms with Gasteiger partial charge in [0.25, 0.3) is 11.8 Å². The Morgan fingerprint density at radius 3 is 2.33 bits per heavy atom. The minimum Gasteiger partial charge on any atom is -0.475 e. The first kappa shape index (κ1) is 18.4. The van der Waals surface area contributed by atoms with Crippen molar-refractivity contribution in [2.45, 2.75) is 6.92 Å². The highest BCUT2D eigenvalue weighted by Crippen LogP contribution is 2.37. The lowest BCUT2D eigenvalue weighted by Crippen LogP contribution is -2.33. The third-order valence-corrected chi connectivity index (χ3v) is 6.02. The van der Waals surface area contributed by atoms with Crippen molar-refractivity contribution in [2.24, 2.45) is 0 Å². The van der Waals surface area contributed by atoms with Gasteiger partial charge in [0.2, 0.25) is 5.88 Å². The van der Waals surface area contributed by atoms with Crippen LogP contribution in [0, 0.1) is 6.92 Å². The van der Waals surface area contributed by atoms with Crippen molar-refractivity contribution >= 4 is 33.4 Å². The van der Waals surface area contributed by atoms with E-state index in [1.54, 1.807) is 24.3 Å². The molecule has 148 valence electrons. The number of fused-ring (bicyclic) bond motifs is 2. The van der Waals surface area contributed by atoms with Gasteiger partial charge in [-0.2, -0.15) is 0 Å². The molecule has 2 aromatic heterocycles. The highest BCUT2D eigenvalue weighted by Gasteiger charge is 2.34. The van der Waals surface area contributed by atoms with Gasteiger partial charge in [0, 0.05) is 10.9 Å². The average molecular weight is 415 g/mol. The summed E-state index contributed by atoms with van der Waals surface area (Å²) < 4.78 is 5.93. The number of hydrogen-bond donors (Lipinski definition) is 0. The number of hydrogen-bond acceptors (Lipinski definition) is 6. The SMILES string of the molecule is Cc1ccc(-c2csc3ncnc(OCCN4C(=O)c5ccccc5C4=O)c23)cc1.